The van der Waals surface area contributed by atoms with Crippen molar-refractivity contribution >= 4 is 28.8 Å². The van der Waals surface area contributed by atoms with Gasteiger partial charge < -0.3 is 9.30 Å². The molecular formula is C16H14N2O2S. The maximum Gasteiger partial charge on any atom is 0.344 e. The number of aryl methyl sites for hydroxylation is 1. The zero-order valence-electron chi connectivity index (χ0n) is 11.7. The van der Waals surface area contributed by atoms with E-state index in [0.29, 0.717) is 11.3 Å². The lowest BCUT2D eigenvalue weighted by Gasteiger charge is -2.07. The van der Waals surface area contributed by atoms with Gasteiger partial charge in [0.2, 0.25) is 0 Å². The van der Waals surface area contributed by atoms with Crippen LogP contribution in [0.3, 0.4) is 0 Å². The van der Waals surface area contributed by atoms with E-state index in [1.54, 1.807) is 24.5 Å². The van der Waals surface area contributed by atoms with Gasteiger partial charge in [-0.15, -0.1) is 11.8 Å². The number of aromatic nitrogens is 2. The van der Waals surface area contributed by atoms with Crippen LogP contribution in [0.15, 0.2) is 53.7 Å². The maximum atomic E-state index is 12.3. The minimum absolute atomic E-state index is 0.352. The van der Waals surface area contributed by atoms with Crippen molar-refractivity contribution in [2.75, 3.05) is 6.26 Å². The van der Waals surface area contributed by atoms with E-state index in [1.165, 1.54) is 11.8 Å². The second-order valence-electron chi connectivity index (χ2n) is 4.60. The number of carbonyl (C=O) groups is 1. The van der Waals surface area contributed by atoms with Gasteiger partial charge in [-0.3, -0.25) is 0 Å². The number of fused-ring (bicyclic) bond motifs is 1. The minimum atomic E-state index is -0.352. The van der Waals surface area contributed by atoms with Gasteiger partial charge in [0.1, 0.15) is 5.75 Å². The van der Waals surface area contributed by atoms with E-state index in [0.717, 1.165) is 15.9 Å². The summed E-state index contributed by atoms with van der Waals surface area (Å²) >= 11 is 1.52. The molecule has 4 nitrogen and oxygen atoms in total. The second-order valence-corrected chi connectivity index (χ2v) is 5.44. The van der Waals surface area contributed by atoms with Gasteiger partial charge in [-0.05, 0) is 30.5 Å². The number of rotatable bonds is 3. The third-order valence-corrected chi connectivity index (χ3v) is 4.03. The second kappa shape index (κ2) is 5.61. The Morgan fingerprint density at radius 3 is 2.86 bits per heavy atom. The van der Waals surface area contributed by atoms with Gasteiger partial charge in [0.15, 0.2) is 0 Å². The summed E-state index contributed by atoms with van der Waals surface area (Å²) in [5, 5.41) is 0. The Morgan fingerprint density at radius 1 is 1.24 bits per heavy atom. The molecule has 5 heteroatoms. The molecule has 1 aromatic heterocycles. The topological polar surface area (TPSA) is 44.1 Å². The number of hydrogen-bond donors (Lipinski definition) is 0. The number of ether oxygens (including phenoxy) is 1. The number of carbonyl (C=O) groups excluding carboxylic acids is 1. The standard InChI is InChI=1S/C16H14N2O2S/c1-18-10-17-13-9-11(7-8-14(13)18)20-16(19)12-5-3-4-6-15(12)21-2/h3-10H,1-2H3. The Labute approximate surface area is 126 Å². The summed E-state index contributed by atoms with van der Waals surface area (Å²) < 4.78 is 7.38. The van der Waals surface area contributed by atoms with Crippen molar-refractivity contribution in [2.45, 2.75) is 4.90 Å². The average Bonchev–Trinajstić information content (AvgIpc) is 2.88. The highest BCUT2D eigenvalue weighted by Crippen LogP contribution is 2.23. The number of nitrogens with zero attached hydrogens (tertiary/aromatic N) is 2. The number of benzene rings is 2. The average molecular weight is 298 g/mol. The number of imidazole rings is 1. The molecule has 21 heavy (non-hydrogen) atoms. The summed E-state index contributed by atoms with van der Waals surface area (Å²) in [5.74, 6) is 0.150. The van der Waals surface area contributed by atoms with E-state index in [2.05, 4.69) is 4.98 Å². The maximum absolute atomic E-state index is 12.3. The first kappa shape index (κ1) is 13.7. The molecule has 0 saturated carbocycles. The van der Waals surface area contributed by atoms with Crippen molar-refractivity contribution in [3.05, 3.63) is 54.4 Å². The predicted molar refractivity (Wildman–Crippen MR) is 83.9 cm³/mol. The smallest absolute Gasteiger partial charge is 0.344 e. The highest BCUT2D eigenvalue weighted by Gasteiger charge is 2.13. The van der Waals surface area contributed by atoms with E-state index < -0.39 is 0 Å². The highest BCUT2D eigenvalue weighted by atomic mass is 32.2. The van der Waals surface area contributed by atoms with Crippen molar-refractivity contribution in [1.82, 2.24) is 9.55 Å². The molecule has 0 aliphatic rings. The molecule has 0 radical (unpaired) electrons. The van der Waals surface area contributed by atoms with Gasteiger partial charge in [0.25, 0.3) is 0 Å². The first-order chi connectivity index (χ1) is 10.2. The van der Waals surface area contributed by atoms with Crippen LogP contribution >= 0.6 is 11.8 Å². The Kier molecular flexibility index (Phi) is 3.66. The van der Waals surface area contributed by atoms with E-state index in [1.807, 2.05) is 42.1 Å². The molecule has 1 heterocycles. The molecule has 3 rings (SSSR count). The third kappa shape index (κ3) is 2.64. The molecule has 0 unspecified atom stereocenters. The summed E-state index contributed by atoms with van der Waals surface area (Å²) in [7, 11) is 1.93. The zero-order valence-corrected chi connectivity index (χ0v) is 12.6. The molecule has 0 aliphatic heterocycles. The third-order valence-electron chi connectivity index (χ3n) is 3.23. The zero-order chi connectivity index (χ0) is 14.8. The van der Waals surface area contributed by atoms with Crippen molar-refractivity contribution in [3.63, 3.8) is 0 Å². The molecule has 0 spiro atoms. The van der Waals surface area contributed by atoms with Crippen LogP contribution in [0.1, 0.15) is 10.4 Å². The van der Waals surface area contributed by atoms with Gasteiger partial charge in [0.05, 0.1) is 22.9 Å². The van der Waals surface area contributed by atoms with Gasteiger partial charge in [-0.2, -0.15) is 0 Å². The van der Waals surface area contributed by atoms with Crippen LogP contribution in [0, 0.1) is 0 Å². The van der Waals surface area contributed by atoms with Gasteiger partial charge in [0, 0.05) is 18.0 Å². The molecular weight excluding hydrogens is 284 g/mol. The first-order valence-corrected chi connectivity index (χ1v) is 7.68. The van der Waals surface area contributed by atoms with E-state index >= 15 is 0 Å². The SMILES string of the molecule is CSc1ccccc1C(=O)Oc1ccc2c(c1)ncn2C. The first-order valence-electron chi connectivity index (χ1n) is 6.45. The number of hydrogen-bond acceptors (Lipinski definition) is 4. The van der Waals surface area contributed by atoms with Gasteiger partial charge in [-0.25, -0.2) is 9.78 Å². The lowest BCUT2D eigenvalue weighted by atomic mass is 10.2. The lowest BCUT2D eigenvalue weighted by Crippen LogP contribution is -2.09. The molecule has 0 saturated heterocycles. The summed E-state index contributed by atoms with van der Waals surface area (Å²) in [6, 6.07) is 12.9. The predicted octanol–water partition coefficient (Wildman–Crippen LogP) is 3.51. The van der Waals surface area contributed by atoms with E-state index in [9.17, 15) is 4.79 Å². The minimum Gasteiger partial charge on any atom is -0.423 e. The summed E-state index contributed by atoms with van der Waals surface area (Å²) in [6.45, 7) is 0. The molecule has 0 fully saturated rings. The molecule has 0 aliphatic carbocycles. The highest BCUT2D eigenvalue weighted by molar-refractivity contribution is 7.98. The molecule has 0 N–H and O–H groups in total. The fourth-order valence-corrected chi connectivity index (χ4v) is 2.74. The fraction of sp³-hybridized carbons (Fsp3) is 0.125. The lowest BCUT2D eigenvalue weighted by molar-refractivity contribution is 0.0731. The summed E-state index contributed by atoms with van der Waals surface area (Å²) in [5.41, 5.74) is 2.38. The molecule has 0 amide bonds. The van der Waals surface area contributed by atoms with Crippen molar-refractivity contribution in [2.24, 2.45) is 7.05 Å². The molecule has 2 aromatic carbocycles. The number of esters is 1. The summed E-state index contributed by atoms with van der Waals surface area (Å²) in [4.78, 5) is 17.4. The van der Waals surface area contributed by atoms with Crippen LogP contribution in [0.4, 0.5) is 0 Å². The van der Waals surface area contributed by atoms with E-state index in [-0.39, 0.29) is 5.97 Å². The molecule has 106 valence electrons. The summed E-state index contributed by atoms with van der Waals surface area (Å²) in [6.07, 6.45) is 3.67. The Balaban J connectivity index is 1.89. The van der Waals surface area contributed by atoms with Crippen LogP contribution in [-0.4, -0.2) is 21.8 Å². The Hall–Kier alpha value is -2.27. The normalized spacial score (nSPS) is 10.8. The Morgan fingerprint density at radius 2 is 2.05 bits per heavy atom. The molecule has 3 aromatic rings. The van der Waals surface area contributed by atoms with Crippen LogP contribution in [0.25, 0.3) is 11.0 Å². The largest absolute Gasteiger partial charge is 0.423 e. The van der Waals surface area contributed by atoms with Crippen LogP contribution < -0.4 is 4.74 Å². The van der Waals surface area contributed by atoms with Crippen molar-refractivity contribution in [3.8, 4) is 5.75 Å². The Bertz CT molecular complexity index is 811. The monoisotopic (exact) mass is 298 g/mol. The van der Waals surface area contributed by atoms with E-state index in [4.69, 9.17) is 4.74 Å². The van der Waals surface area contributed by atoms with Crippen LogP contribution in [0.2, 0.25) is 0 Å². The molecule has 0 atom stereocenters. The van der Waals surface area contributed by atoms with Crippen LogP contribution in [-0.2, 0) is 7.05 Å². The quantitative estimate of drug-likeness (QED) is 0.421. The number of thioether (sulfide) groups is 1. The van der Waals surface area contributed by atoms with Gasteiger partial charge >= 0.3 is 5.97 Å². The fourth-order valence-electron chi connectivity index (χ4n) is 2.15. The van der Waals surface area contributed by atoms with Crippen molar-refractivity contribution < 1.29 is 9.53 Å². The van der Waals surface area contributed by atoms with Crippen LogP contribution in [0.5, 0.6) is 5.75 Å². The van der Waals surface area contributed by atoms with Gasteiger partial charge in [-0.1, -0.05) is 12.1 Å². The molecule has 0 bridgehead atoms. The van der Waals surface area contributed by atoms with Crippen molar-refractivity contribution in [1.29, 1.82) is 0 Å².